The van der Waals surface area contributed by atoms with Crippen molar-refractivity contribution in [1.82, 2.24) is 4.98 Å². The number of aromatic nitrogens is 1. The third kappa shape index (κ3) is 3.15. The van der Waals surface area contributed by atoms with Crippen LogP contribution in [-0.2, 0) is 4.74 Å². The Morgan fingerprint density at radius 2 is 2.04 bits per heavy atom. The topological polar surface area (TPSA) is 75.0 Å². The van der Waals surface area contributed by atoms with E-state index >= 15 is 0 Å². The van der Waals surface area contributed by atoms with Crippen molar-refractivity contribution >= 4 is 28.2 Å². The Bertz CT molecular complexity index is 990. The third-order valence-corrected chi connectivity index (χ3v) is 3.92. The molecule has 1 aromatic heterocycles. The molecule has 3 rings (SSSR count). The first kappa shape index (κ1) is 16.5. The lowest BCUT2D eigenvalue weighted by atomic mass is 10.0. The van der Waals surface area contributed by atoms with E-state index in [2.05, 4.69) is 16.4 Å². The van der Waals surface area contributed by atoms with E-state index in [0.717, 1.165) is 11.3 Å². The zero-order valence-electron chi connectivity index (χ0n) is 14.0. The Morgan fingerprint density at radius 3 is 2.76 bits per heavy atom. The van der Waals surface area contributed by atoms with Crippen LogP contribution in [0, 0.1) is 18.3 Å². The monoisotopic (exact) mass is 331 g/mol. The summed E-state index contributed by atoms with van der Waals surface area (Å²) in [7, 11) is 0. The van der Waals surface area contributed by atoms with E-state index in [-0.39, 0.29) is 6.61 Å². The summed E-state index contributed by atoms with van der Waals surface area (Å²) in [6, 6.07) is 15.3. The van der Waals surface area contributed by atoms with E-state index in [1.807, 2.05) is 37.3 Å². The molecule has 5 nitrogen and oxygen atoms in total. The van der Waals surface area contributed by atoms with Gasteiger partial charge in [0.05, 0.1) is 23.4 Å². The molecule has 5 heteroatoms. The number of carbonyl (C=O) groups is 1. The van der Waals surface area contributed by atoms with Gasteiger partial charge in [-0.2, -0.15) is 5.26 Å². The number of nitriles is 1. The Labute approximate surface area is 145 Å². The van der Waals surface area contributed by atoms with Gasteiger partial charge in [-0.25, -0.2) is 4.79 Å². The molecule has 0 aliphatic heterocycles. The first-order valence-electron chi connectivity index (χ1n) is 7.97. The molecule has 1 N–H and O–H groups in total. The number of carbonyl (C=O) groups excluding carboxylic acids is 1. The number of hydrogen-bond donors (Lipinski definition) is 1. The van der Waals surface area contributed by atoms with Crippen LogP contribution in [0.2, 0.25) is 0 Å². The van der Waals surface area contributed by atoms with Gasteiger partial charge in [-0.05, 0) is 31.5 Å². The normalized spacial score (nSPS) is 10.3. The number of pyridine rings is 1. The predicted molar refractivity (Wildman–Crippen MR) is 96.9 cm³/mol. The van der Waals surface area contributed by atoms with Crippen LogP contribution in [0.5, 0.6) is 0 Å². The Kier molecular flexibility index (Phi) is 4.62. The fraction of sp³-hybridized carbons (Fsp3) is 0.150. The first-order chi connectivity index (χ1) is 12.2. The van der Waals surface area contributed by atoms with Crippen LogP contribution in [0.25, 0.3) is 10.9 Å². The summed E-state index contributed by atoms with van der Waals surface area (Å²) in [5.74, 6) is -0.449. The minimum Gasteiger partial charge on any atom is -0.462 e. The second-order valence-corrected chi connectivity index (χ2v) is 5.52. The molecule has 0 fully saturated rings. The molecule has 0 saturated heterocycles. The number of hydrogen-bond acceptors (Lipinski definition) is 5. The van der Waals surface area contributed by atoms with Gasteiger partial charge in [-0.15, -0.1) is 0 Å². The molecule has 0 spiro atoms. The molecule has 0 saturated carbocycles. The van der Waals surface area contributed by atoms with Crippen LogP contribution in [0.4, 0.5) is 11.4 Å². The van der Waals surface area contributed by atoms with E-state index in [4.69, 9.17) is 4.74 Å². The molecule has 0 radical (unpaired) electrons. The highest BCUT2D eigenvalue weighted by Crippen LogP contribution is 2.32. The van der Waals surface area contributed by atoms with Gasteiger partial charge in [-0.3, -0.25) is 4.98 Å². The summed E-state index contributed by atoms with van der Waals surface area (Å²) in [5, 5.41) is 13.3. The van der Waals surface area contributed by atoms with Crippen LogP contribution in [-0.4, -0.2) is 17.6 Å². The standard InChI is InChI=1S/C20H17N3O2/c1-3-25-20(24)16-12-22-18-14(11-21)8-6-9-15(18)19(16)23-17-10-5-4-7-13(17)2/h4-10,12H,3H2,1-2H3,(H,22,23). The van der Waals surface area contributed by atoms with Crippen LogP contribution < -0.4 is 5.32 Å². The lowest BCUT2D eigenvalue weighted by molar-refractivity contribution is 0.0527. The predicted octanol–water partition coefficient (Wildman–Crippen LogP) is 4.34. The van der Waals surface area contributed by atoms with Crippen molar-refractivity contribution in [1.29, 1.82) is 5.26 Å². The van der Waals surface area contributed by atoms with Crippen molar-refractivity contribution in [2.24, 2.45) is 0 Å². The van der Waals surface area contributed by atoms with Gasteiger partial charge in [0, 0.05) is 17.3 Å². The van der Waals surface area contributed by atoms with Gasteiger partial charge in [0.2, 0.25) is 0 Å². The SMILES string of the molecule is CCOC(=O)c1cnc2c(C#N)cccc2c1Nc1ccccc1C. The molecule has 3 aromatic rings. The van der Waals surface area contributed by atoms with Gasteiger partial charge in [-0.1, -0.05) is 30.3 Å². The Morgan fingerprint density at radius 1 is 1.24 bits per heavy atom. The number of nitrogens with zero attached hydrogens (tertiary/aromatic N) is 2. The maximum atomic E-state index is 12.4. The van der Waals surface area contributed by atoms with Crippen LogP contribution >= 0.6 is 0 Å². The summed E-state index contributed by atoms with van der Waals surface area (Å²) >= 11 is 0. The number of benzene rings is 2. The summed E-state index contributed by atoms with van der Waals surface area (Å²) in [4.78, 5) is 16.7. The van der Waals surface area contributed by atoms with Crippen LogP contribution in [0.3, 0.4) is 0 Å². The molecule has 124 valence electrons. The van der Waals surface area contributed by atoms with Crippen LogP contribution in [0.15, 0.2) is 48.7 Å². The highest BCUT2D eigenvalue weighted by molar-refractivity contribution is 6.07. The maximum absolute atomic E-state index is 12.4. The minimum atomic E-state index is -0.449. The number of para-hydroxylation sites is 2. The van der Waals surface area contributed by atoms with E-state index in [1.54, 1.807) is 19.1 Å². The molecule has 25 heavy (non-hydrogen) atoms. The molecule has 0 atom stereocenters. The molecule has 0 amide bonds. The molecule has 0 unspecified atom stereocenters. The molecular weight excluding hydrogens is 314 g/mol. The average Bonchev–Trinajstić information content (AvgIpc) is 2.63. The number of fused-ring (bicyclic) bond motifs is 1. The van der Waals surface area contributed by atoms with Crippen molar-refractivity contribution in [2.75, 3.05) is 11.9 Å². The smallest absolute Gasteiger partial charge is 0.341 e. The fourth-order valence-corrected chi connectivity index (χ4v) is 2.66. The van der Waals surface area contributed by atoms with Crippen molar-refractivity contribution < 1.29 is 9.53 Å². The number of rotatable bonds is 4. The summed E-state index contributed by atoms with van der Waals surface area (Å²) in [6.07, 6.45) is 1.46. The van der Waals surface area contributed by atoms with Crippen molar-refractivity contribution in [3.63, 3.8) is 0 Å². The van der Waals surface area contributed by atoms with Crippen LogP contribution in [0.1, 0.15) is 28.4 Å². The van der Waals surface area contributed by atoms with Crippen molar-refractivity contribution in [3.05, 3.63) is 65.4 Å². The Balaban J connectivity index is 2.24. The molecule has 2 aromatic carbocycles. The molecule has 0 bridgehead atoms. The largest absolute Gasteiger partial charge is 0.462 e. The van der Waals surface area contributed by atoms with Gasteiger partial charge in [0.25, 0.3) is 0 Å². The van der Waals surface area contributed by atoms with Crippen molar-refractivity contribution in [3.8, 4) is 6.07 Å². The van der Waals surface area contributed by atoms with Gasteiger partial charge in [0.1, 0.15) is 11.6 Å². The summed E-state index contributed by atoms with van der Waals surface area (Å²) < 4.78 is 5.16. The Hall–Kier alpha value is -3.39. The van der Waals surface area contributed by atoms with E-state index in [0.29, 0.717) is 27.7 Å². The average molecular weight is 331 g/mol. The fourth-order valence-electron chi connectivity index (χ4n) is 2.66. The lowest BCUT2D eigenvalue weighted by Gasteiger charge is -2.16. The highest BCUT2D eigenvalue weighted by atomic mass is 16.5. The number of esters is 1. The second-order valence-electron chi connectivity index (χ2n) is 5.52. The maximum Gasteiger partial charge on any atom is 0.341 e. The summed E-state index contributed by atoms with van der Waals surface area (Å²) in [6.45, 7) is 4.02. The second kappa shape index (κ2) is 7.02. The molecule has 1 heterocycles. The molecule has 0 aliphatic rings. The molecular formula is C20H17N3O2. The highest BCUT2D eigenvalue weighted by Gasteiger charge is 2.18. The van der Waals surface area contributed by atoms with Gasteiger partial charge >= 0.3 is 5.97 Å². The third-order valence-electron chi connectivity index (χ3n) is 3.92. The summed E-state index contributed by atoms with van der Waals surface area (Å²) in [5.41, 5.74) is 3.86. The number of anilines is 2. The van der Waals surface area contributed by atoms with Gasteiger partial charge in [0.15, 0.2) is 0 Å². The van der Waals surface area contributed by atoms with Gasteiger partial charge < -0.3 is 10.1 Å². The molecule has 0 aliphatic carbocycles. The van der Waals surface area contributed by atoms with Crippen molar-refractivity contribution in [2.45, 2.75) is 13.8 Å². The number of ether oxygens (including phenoxy) is 1. The number of aryl methyl sites for hydroxylation is 1. The van der Waals surface area contributed by atoms with E-state index < -0.39 is 5.97 Å². The minimum absolute atomic E-state index is 0.277. The quantitative estimate of drug-likeness (QED) is 0.720. The number of nitrogens with one attached hydrogen (secondary N) is 1. The zero-order chi connectivity index (χ0) is 17.8. The first-order valence-corrected chi connectivity index (χ1v) is 7.97. The van der Waals surface area contributed by atoms with E-state index in [9.17, 15) is 10.1 Å². The lowest BCUT2D eigenvalue weighted by Crippen LogP contribution is -2.10. The zero-order valence-corrected chi connectivity index (χ0v) is 14.0. The van der Waals surface area contributed by atoms with E-state index in [1.165, 1.54) is 6.20 Å².